The predicted molar refractivity (Wildman–Crippen MR) is 133 cm³/mol. The monoisotopic (exact) mass is 487 g/mol. The molecule has 4 N–H and O–H groups in total. The lowest BCUT2D eigenvalue weighted by Gasteiger charge is -2.39. The van der Waals surface area contributed by atoms with E-state index in [1.807, 2.05) is 31.2 Å². The number of aryl methyl sites for hydroxylation is 1. The van der Waals surface area contributed by atoms with Gasteiger partial charge in [0.1, 0.15) is 5.54 Å². The molecule has 1 aliphatic heterocycles. The molecule has 0 bridgehead atoms. The second kappa shape index (κ2) is 9.18. The molecular formula is C24H30ClN5O2S. The van der Waals surface area contributed by atoms with E-state index in [-0.39, 0.29) is 24.1 Å². The highest BCUT2D eigenvalue weighted by molar-refractivity contribution is 7.13. The number of hydrogen-bond acceptors (Lipinski definition) is 6. The number of aromatic nitrogens is 2. The number of amides is 1. The highest BCUT2D eigenvalue weighted by Gasteiger charge is 2.45. The average molecular weight is 488 g/mol. The topological polar surface area (TPSA) is 104 Å². The number of hydrogen-bond donors (Lipinski definition) is 3. The first-order valence-electron chi connectivity index (χ1n) is 11.2. The summed E-state index contributed by atoms with van der Waals surface area (Å²) >= 11 is 1.45. The summed E-state index contributed by atoms with van der Waals surface area (Å²) in [4.78, 5) is 37.9. The molecule has 2 unspecified atom stereocenters. The number of H-pyrrole nitrogens is 1. The van der Waals surface area contributed by atoms with Gasteiger partial charge in [-0.2, -0.15) is 0 Å². The molecule has 1 amide bonds. The summed E-state index contributed by atoms with van der Waals surface area (Å²) in [6.07, 6.45) is 3.89. The summed E-state index contributed by atoms with van der Waals surface area (Å²) in [6, 6.07) is 7.49. The molecule has 5 rings (SSSR count). The number of nitrogens with two attached hydrogens (primary N) is 1. The van der Waals surface area contributed by atoms with Crippen LogP contribution in [0.3, 0.4) is 0 Å². The zero-order valence-electron chi connectivity index (χ0n) is 18.9. The minimum Gasteiger partial charge on any atom is -0.352 e. The third-order valence-electron chi connectivity index (χ3n) is 6.82. The number of fused-ring (bicyclic) bond motifs is 2. The van der Waals surface area contributed by atoms with Gasteiger partial charge < -0.3 is 20.9 Å². The molecule has 1 aromatic carbocycles. The minimum absolute atomic E-state index is 0. The van der Waals surface area contributed by atoms with E-state index in [4.69, 9.17) is 5.73 Å². The van der Waals surface area contributed by atoms with Crippen molar-refractivity contribution in [2.24, 2.45) is 5.73 Å². The molecule has 2 atom stereocenters. The molecule has 33 heavy (non-hydrogen) atoms. The maximum atomic E-state index is 13.6. The average Bonchev–Trinajstić information content (AvgIpc) is 3.38. The van der Waals surface area contributed by atoms with Crippen LogP contribution in [0.4, 0.5) is 0 Å². The SMILES string of the molecule is Cc1ccc2[nH]c(C(=O)C3(N)CCCCC3NC(=O)c3nc4c(s3)CN(C)CC4)cc2c1.Cl. The van der Waals surface area contributed by atoms with Crippen LogP contribution in [0.15, 0.2) is 24.3 Å². The van der Waals surface area contributed by atoms with Crippen molar-refractivity contribution < 1.29 is 9.59 Å². The van der Waals surface area contributed by atoms with E-state index in [1.165, 1.54) is 11.3 Å². The van der Waals surface area contributed by atoms with Gasteiger partial charge in [-0.15, -0.1) is 23.7 Å². The normalized spacial score (nSPS) is 23.1. The van der Waals surface area contributed by atoms with Crippen LogP contribution in [0.2, 0.25) is 0 Å². The smallest absolute Gasteiger partial charge is 0.280 e. The number of carbonyl (C=O) groups is 2. The van der Waals surface area contributed by atoms with Crippen molar-refractivity contribution in [1.82, 2.24) is 20.2 Å². The first kappa shape index (κ1) is 23.9. The van der Waals surface area contributed by atoms with Crippen molar-refractivity contribution in [2.45, 2.75) is 57.2 Å². The summed E-state index contributed by atoms with van der Waals surface area (Å²) in [5.74, 6) is -0.370. The van der Waals surface area contributed by atoms with Gasteiger partial charge in [0, 0.05) is 35.3 Å². The van der Waals surface area contributed by atoms with E-state index in [0.717, 1.165) is 59.4 Å². The summed E-state index contributed by atoms with van der Waals surface area (Å²) in [5, 5.41) is 4.53. The Balaban J connectivity index is 0.00000259. The van der Waals surface area contributed by atoms with Crippen molar-refractivity contribution in [2.75, 3.05) is 13.6 Å². The quantitative estimate of drug-likeness (QED) is 0.488. The standard InChI is InChI=1S/C24H29N5O2S.ClH/c1-14-6-7-16-15(11-14)12-18(26-16)21(30)24(25)9-4-3-5-20(24)28-22(31)23-27-17-8-10-29(2)13-19(17)32-23;/h6-7,11-12,20,26H,3-5,8-10,13,25H2,1-2H3,(H,28,31);1H. The highest BCUT2D eigenvalue weighted by atomic mass is 35.5. The Morgan fingerprint density at radius 3 is 2.94 bits per heavy atom. The lowest BCUT2D eigenvalue weighted by atomic mass is 9.74. The Bertz CT molecular complexity index is 1200. The second-order valence-electron chi connectivity index (χ2n) is 9.29. The first-order chi connectivity index (χ1) is 15.3. The number of nitrogens with one attached hydrogen (secondary N) is 2. The molecule has 0 saturated heterocycles. The molecule has 3 aromatic rings. The zero-order valence-corrected chi connectivity index (χ0v) is 20.6. The molecule has 3 heterocycles. The maximum absolute atomic E-state index is 13.6. The van der Waals surface area contributed by atoms with Crippen molar-refractivity contribution in [3.63, 3.8) is 0 Å². The number of benzene rings is 1. The van der Waals surface area contributed by atoms with Gasteiger partial charge in [-0.3, -0.25) is 9.59 Å². The summed E-state index contributed by atoms with van der Waals surface area (Å²) in [7, 11) is 2.07. The Morgan fingerprint density at radius 1 is 1.30 bits per heavy atom. The third kappa shape index (κ3) is 4.45. The molecule has 0 radical (unpaired) electrons. The van der Waals surface area contributed by atoms with Crippen molar-refractivity contribution in [1.29, 1.82) is 0 Å². The molecule has 9 heteroatoms. The molecule has 1 fully saturated rings. The number of Topliss-reactive ketones (excluding diaryl/α,β-unsaturated/α-hetero) is 1. The molecular weight excluding hydrogens is 458 g/mol. The fraction of sp³-hybridized carbons (Fsp3) is 0.458. The minimum atomic E-state index is -1.14. The summed E-state index contributed by atoms with van der Waals surface area (Å²) in [6.45, 7) is 3.80. The van der Waals surface area contributed by atoms with Crippen molar-refractivity contribution >= 4 is 46.3 Å². The summed E-state index contributed by atoms with van der Waals surface area (Å²) in [5.41, 5.74) is 9.20. The van der Waals surface area contributed by atoms with Crippen molar-refractivity contribution in [3.05, 3.63) is 51.1 Å². The number of halogens is 1. The Morgan fingerprint density at radius 2 is 2.12 bits per heavy atom. The number of thiazole rings is 1. The lowest BCUT2D eigenvalue weighted by molar-refractivity contribution is 0.0755. The number of ketones is 1. The van der Waals surface area contributed by atoms with Crippen LogP contribution >= 0.6 is 23.7 Å². The lowest BCUT2D eigenvalue weighted by Crippen LogP contribution is -2.64. The molecule has 2 aliphatic rings. The fourth-order valence-corrected chi connectivity index (χ4v) is 6.03. The number of carbonyl (C=O) groups excluding carboxylic acids is 2. The molecule has 176 valence electrons. The van der Waals surface area contributed by atoms with Crippen LogP contribution in [0, 0.1) is 6.92 Å². The van der Waals surface area contributed by atoms with Gasteiger partial charge in [-0.05, 0) is 45.0 Å². The highest BCUT2D eigenvalue weighted by Crippen LogP contribution is 2.32. The van der Waals surface area contributed by atoms with Gasteiger partial charge >= 0.3 is 0 Å². The van der Waals surface area contributed by atoms with E-state index >= 15 is 0 Å². The van der Waals surface area contributed by atoms with Gasteiger partial charge in [0.25, 0.3) is 5.91 Å². The van der Waals surface area contributed by atoms with Crippen LogP contribution in [0.1, 0.15) is 62.1 Å². The van der Waals surface area contributed by atoms with Crippen LogP contribution < -0.4 is 11.1 Å². The van der Waals surface area contributed by atoms with E-state index in [2.05, 4.69) is 27.2 Å². The van der Waals surface area contributed by atoms with E-state index < -0.39 is 11.6 Å². The maximum Gasteiger partial charge on any atom is 0.280 e. The number of rotatable bonds is 4. The molecule has 1 aliphatic carbocycles. The zero-order chi connectivity index (χ0) is 22.5. The number of aromatic amines is 1. The fourth-order valence-electron chi connectivity index (χ4n) is 4.94. The number of likely N-dealkylation sites (N-methyl/N-ethyl adjacent to an activating group) is 1. The third-order valence-corrected chi connectivity index (χ3v) is 7.90. The first-order valence-corrected chi connectivity index (χ1v) is 12.1. The van der Waals surface area contributed by atoms with Crippen LogP contribution in [0.25, 0.3) is 10.9 Å². The van der Waals surface area contributed by atoms with Gasteiger partial charge in [0.05, 0.1) is 17.4 Å². The van der Waals surface area contributed by atoms with Gasteiger partial charge in [-0.25, -0.2) is 4.98 Å². The molecule has 7 nitrogen and oxygen atoms in total. The van der Waals surface area contributed by atoms with Crippen LogP contribution in [-0.2, 0) is 13.0 Å². The van der Waals surface area contributed by atoms with Crippen molar-refractivity contribution in [3.8, 4) is 0 Å². The van der Waals surface area contributed by atoms with Gasteiger partial charge in [0.2, 0.25) is 5.78 Å². The Hall–Kier alpha value is -2.26. The largest absolute Gasteiger partial charge is 0.352 e. The Labute approximate surface area is 203 Å². The second-order valence-corrected chi connectivity index (χ2v) is 10.4. The van der Waals surface area contributed by atoms with Crippen LogP contribution in [-0.4, -0.2) is 51.7 Å². The Kier molecular flexibility index (Phi) is 6.64. The van der Waals surface area contributed by atoms with E-state index in [9.17, 15) is 9.59 Å². The van der Waals surface area contributed by atoms with Gasteiger partial charge in [-0.1, -0.05) is 24.5 Å². The van der Waals surface area contributed by atoms with E-state index in [1.54, 1.807) is 0 Å². The molecule has 1 saturated carbocycles. The predicted octanol–water partition coefficient (Wildman–Crippen LogP) is 3.60. The van der Waals surface area contributed by atoms with Crippen LogP contribution in [0.5, 0.6) is 0 Å². The molecule has 0 spiro atoms. The van der Waals surface area contributed by atoms with E-state index in [0.29, 0.717) is 23.5 Å². The number of nitrogens with zero attached hydrogens (tertiary/aromatic N) is 2. The summed E-state index contributed by atoms with van der Waals surface area (Å²) < 4.78 is 0. The van der Waals surface area contributed by atoms with Gasteiger partial charge in [0.15, 0.2) is 5.01 Å². The molecule has 2 aromatic heterocycles.